The number of nitrogens with two attached hydrogens (primary N) is 1. The maximum absolute atomic E-state index is 13.1. The van der Waals surface area contributed by atoms with Crippen LogP contribution in [0.2, 0.25) is 5.02 Å². The van der Waals surface area contributed by atoms with Crippen LogP contribution in [0.25, 0.3) is 10.9 Å². The van der Waals surface area contributed by atoms with Gasteiger partial charge in [0.15, 0.2) is 0 Å². The van der Waals surface area contributed by atoms with Gasteiger partial charge in [0.05, 0.1) is 24.1 Å². The van der Waals surface area contributed by atoms with Gasteiger partial charge < -0.3 is 15.4 Å². The zero-order valence-corrected chi connectivity index (χ0v) is 14.8. The first-order valence-electron chi connectivity index (χ1n) is 8.06. The lowest BCUT2D eigenvalue weighted by Gasteiger charge is -2.30. The summed E-state index contributed by atoms with van der Waals surface area (Å²) in [5.74, 6) is -0.0349. The number of morpholine rings is 1. The quantitative estimate of drug-likeness (QED) is 0.871. The van der Waals surface area contributed by atoms with Crippen LogP contribution in [0.3, 0.4) is 0 Å². The van der Waals surface area contributed by atoms with Crippen LogP contribution in [0.5, 0.6) is 0 Å². The maximum atomic E-state index is 13.1. The SMILES string of the molecule is CC(N)c1cc(Cl)cc2c(=O)n(CC(F)(F)F)c(N3CCOCC3)nc12. The zero-order chi connectivity index (χ0) is 19.1. The first-order chi connectivity index (χ1) is 12.2. The van der Waals surface area contributed by atoms with Crippen LogP contribution in [0.4, 0.5) is 19.1 Å². The van der Waals surface area contributed by atoms with Crippen LogP contribution in [0.15, 0.2) is 16.9 Å². The number of benzene rings is 1. The molecule has 1 fully saturated rings. The number of rotatable bonds is 3. The van der Waals surface area contributed by atoms with Crippen molar-refractivity contribution in [3.05, 3.63) is 33.1 Å². The number of alkyl halides is 3. The second-order valence-electron chi connectivity index (χ2n) is 6.20. The third-order valence-electron chi connectivity index (χ3n) is 4.15. The molecule has 1 aliphatic rings. The van der Waals surface area contributed by atoms with Crippen molar-refractivity contribution in [2.75, 3.05) is 31.2 Å². The Labute approximate surface area is 152 Å². The molecule has 0 saturated carbocycles. The molecule has 1 aliphatic heterocycles. The number of hydrogen-bond acceptors (Lipinski definition) is 5. The van der Waals surface area contributed by atoms with E-state index in [9.17, 15) is 18.0 Å². The van der Waals surface area contributed by atoms with Crippen molar-refractivity contribution in [2.24, 2.45) is 5.73 Å². The lowest BCUT2D eigenvalue weighted by molar-refractivity contribution is -0.141. The van der Waals surface area contributed by atoms with Gasteiger partial charge in [-0.3, -0.25) is 9.36 Å². The van der Waals surface area contributed by atoms with Crippen molar-refractivity contribution >= 4 is 28.5 Å². The Balaban J connectivity index is 2.30. The third-order valence-corrected chi connectivity index (χ3v) is 4.37. The Hall–Kier alpha value is -1.84. The van der Waals surface area contributed by atoms with E-state index in [1.54, 1.807) is 17.9 Å². The van der Waals surface area contributed by atoms with Gasteiger partial charge in [-0.05, 0) is 24.6 Å². The highest BCUT2D eigenvalue weighted by molar-refractivity contribution is 6.31. The molecule has 1 atom stereocenters. The number of fused-ring (bicyclic) bond motifs is 1. The predicted octanol–water partition coefficient (Wildman–Crippen LogP) is 2.47. The molecule has 0 aliphatic carbocycles. The van der Waals surface area contributed by atoms with Crippen LogP contribution >= 0.6 is 11.6 Å². The molecule has 0 spiro atoms. The minimum absolute atomic E-state index is 0.0195. The number of halogens is 4. The van der Waals surface area contributed by atoms with Gasteiger partial charge in [0.1, 0.15) is 6.54 Å². The Morgan fingerprint density at radius 2 is 2.00 bits per heavy atom. The van der Waals surface area contributed by atoms with Gasteiger partial charge in [0, 0.05) is 24.2 Å². The Morgan fingerprint density at radius 3 is 2.58 bits per heavy atom. The summed E-state index contributed by atoms with van der Waals surface area (Å²) in [7, 11) is 0. The molecular weight excluding hydrogens is 373 g/mol. The predicted molar refractivity (Wildman–Crippen MR) is 92.7 cm³/mol. The van der Waals surface area contributed by atoms with Gasteiger partial charge in [-0.25, -0.2) is 4.98 Å². The van der Waals surface area contributed by atoms with Crippen LogP contribution in [-0.2, 0) is 11.3 Å². The second-order valence-corrected chi connectivity index (χ2v) is 6.63. The van der Waals surface area contributed by atoms with Crippen molar-refractivity contribution in [1.82, 2.24) is 9.55 Å². The van der Waals surface area contributed by atoms with Crippen molar-refractivity contribution in [3.63, 3.8) is 0 Å². The van der Waals surface area contributed by atoms with Gasteiger partial charge in [-0.15, -0.1) is 0 Å². The molecule has 0 bridgehead atoms. The molecule has 10 heteroatoms. The molecule has 1 saturated heterocycles. The molecule has 2 N–H and O–H groups in total. The number of anilines is 1. The summed E-state index contributed by atoms with van der Waals surface area (Å²) in [5.41, 5.74) is 5.94. The summed E-state index contributed by atoms with van der Waals surface area (Å²) in [6.45, 7) is 1.65. The highest BCUT2D eigenvalue weighted by atomic mass is 35.5. The van der Waals surface area contributed by atoms with E-state index in [1.165, 1.54) is 6.07 Å². The summed E-state index contributed by atoms with van der Waals surface area (Å²) in [5, 5.41) is 0.243. The third kappa shape index (κ3) is 3.79. The summed E-state index contributed by atoms with van der Waals surface area (Å²) in [6.07, 6.45) is -4.57. The first-order valence-corrected chi connectivity index (χ1v) is 8.44. The van der Waals surface area contributed by atoms with E-state index < -0.39 is 24.3 Å². The highest BCUT2D eigenvalue weighted by Gasteiger charge is 2.32. The monoisotopic (exact) mass is 390 g/mol. The smallest absolute Gasteiger partial charge is 0.378 e. The molecule has 0 radical (unpaired) electrons. The maximum Gasteiger partial charge on any atom is 0.406 e. The van der Waals surface area contributed by atoms with Crippen LogP contribution < -0.4 is 16.2 Å². The molecule has 1 aromatic carbocycles. The molecule has 26 heavy (non-hydrogen) atoms. The van der Waals surface area contributed by atoms with Gasteiger partial charge in [-0.2, -0.15) is 13.2 Å². The van der Waals surface area contributed by atoms with E-state index >= 15 is 0 Å². The Morgan fingerprint density at radius 1 is 1.35 bits per heavy atom. The second kappa shape index (κ2) is 7.05. The standard InChI is InChI=1S/C16H18ClF3N4O2/c1-9(21)11-6-10(17)7-12-13(11)22-15(23-2-4-26-5-3-23)24(14(12)25)8-16(18,19)20/h6-7,9H,2-5,8,21H2,1H3. The molecule has 1 aromatic heterocycles. The van der Waals surface area contributed by atoms with Crippen LogP contribution in [0.1, 0.15) is 18.5 Å². The highest BCUT2D eigenvalue weighted by Crippen LogP contribution is 2.28. The van der Waals surface area contributed by atoms with E-state index in [1.807, 2.05) is 0 Å². The fourth-order valence-electron chi connectivity index (χ4n) is 2.98. The molecule has 1 unspecified atom stereocenters. The average molecular weight is 391 g/mol. The summed E-state index contributed by atoms with van der Waals surface area (Å²) >= 11 is 6.03. The molecule has 6 nitrogen and oxygen atoms in total. The number of nitrogens with zero attached hydrogens (tertiary/aromatic N) is 3. The van der Waals surface area contributed by atoms with Gasteiger partial charge >= 0.3 is 6.18 Å². The van der Waals surface area contributed by atoms with Gasteiger partial charge in [0.25, 0.3) is 5.56 Å². The van der Waals surface area contributed by atoms with E-state index in [2.05, 4.69) is 4.98 Å². The summed E-state index contributed by atoms with van der Waals surface area (Å²) < 4.78 is 45.1. The summed E-state index contributed by atoms with van der Waals surface area (Å²) in [6, 6.07) is 2.42. The van der Waals surface area contributed by atoms with E-state index in [0.717, 1.165) is 0 Å². The van der Waals surface area contributed by atoms with Crippen molar-refractivity contribution in [3.8, 4) is 0 Å². The minimum Gasteiger partial charge on any atom is -0.378 e. The molecule has 2 aromatic rings. The Bertz CT molecular complexity index is 876. The van der Waals surface area contributed by atoms with Crippen molar-refractivity contribution < 1.29 is 17.9 Å². The topological polar surface area (TPSA) is 73.4 Å². The largest absolute Gasteiger partial charge is 0.406 e. The number of hydrogen-bond donors (Lipinski definition) is 1. The van der Waals surface area contributed by atoms with Crippen LogP contribution in [-0.4, -0.2) is 42.0 Å². The van der Waals surface area contributed by atoms with E-state index in [-0.39, 0.29) is 21.9 Å². The molecule has 142 valence electrons. The molecule has 0 amide bonds. The number of aromatic nitrogens is 2. The fraction of sp³-hybridized carbons (Fsp3) is 0.500. The lowest BCUT2D eigenvalue weighted by Crippen LogP contribution is -2.42. The molecule has 2 heterocycles. The lowest BCUT2D eigenvalue weighted by atomic mass is 10.1. The van der Waals surface area contributed by atoms with Crippen molar-refractivity contribution in [2.45, 2.75) is 25.7 Å². The first kappa shape index (κ1) is 18.9. The summed E-state index contributed by atoms with van der Waals surface area (Å²) in [4.78, 5) is 18.9. The normalized spacial score (nSPS) is 16.9. The van der Waals surface area contributed by atoms with Crippen molar-refractivity contribution in [1.29, 1.82) is 0 Å². The van der Waals surface area contributed by atoms with E-state index in [4.69, 9.17) is 22.1 Å². The number of ether oxygens (including phenoxy) is 1. The fourth-order valence-corrected chi connectivity index (χ4v) is 3.21. The van der Waals surface area contributed by atoms with Gasteiger partial charge in [0.2, 0.25) is 5.95 Å². The Kier molecular flexibility index (Phi) is 5.14. The van der Waals surface area contributed by atoms with Gasteiger partial charge in [-0.1, -0.05) is 11.6 Å². The minimum atomic E-state index is -4.57. The molecule has 3 rings (SSSR count). The zero-order valence-electron chi connectivity index (χ0n) is 14.0. The van der Waals surface area contributed by atoms with Crippen LogP contribution in [0, 0.1) is 0 Å². The van der Waals surface area contributed by atoms with E-state index in [0.29, 0.717) is 36.4 Å². The average Bonchev–Trinajstić information content (AvgIpc) is 2.56. The molecular formula is C16H18ClF3N4O2.